The Morgan fingerprint density at radius 2 is 1.94 bits per heavy atom. The van der Waals surface area contributed by atoms with Crippen LogP contribution in [0.15, 0.2) is 36.5 Å². The smallest absolute Gasteiger partial charge is 0.322 e. The van der Waals surface area contributed by atoms with Gasteiger partial charge < -0.3 is 10.5 Å². The molecule has 2 rings (SSSR count). The fourth-order valence-corrected chi connectivity index (χ4v) is 1.44. The molecule has 1 heterocycles. The molecule has 88 valence electrons. The maximum absolute atomic E-state index is 5.54. The van der Waals surface area contributed by atoms with Crippen LogP contribution in [0.1, 0.15) is 18.2 Å². The van der Waals surface area contributed by atoms with Gasteiger partial charge >= 0.3 is 6.01 Å². The molecule has 0 fully saturated rings. The molecule has 0 amide bonds. The van der Waals surface area contributed by atoms with E-state index in [-0.39, 0.29) is 0 Å². The summed E-state index contributed by atoms with van der Waals surface area (Å²) in [4.78, 5) is 8.21. The highest BCUT2D eigenvalue weighted by atomic mass is 16.5. The Morgan fingerprint density at radius 1 is 1.18 bits per heavy atom. The van der Waals surface area contributed by atoms with Gasteiger partial charge in [-0.1, -0.05) is 19.1 Å². The topological polar surface area (TPSA) is 61.0 Å². The van der Waals surface area contributed by atoms with Crippen molar-refractivity contribution in [2.24, 2.45) is 5.73 Å². The first-order chi connectivity index (χ1) is 8.31. The minimum absolute atomic E-state index is 0.331. The van der Waals surface area contributed by atoms with Gasteiger partial charge in [0.15, 0.2) is 0 Å². The van der Waals surface area contributed by atoms with Crippen LogP contribution in [-0.2, 0) is 13.0 Å². The number of benzene rings is 1. The number of aryl methyl sites for hydroxylation is 1. The van der Waals surface area contributed by atoms with E-state index >= 15 is 0 Å². The first kappa shape index (κ1) is 11.5. The lowest BCUT2D eigenvalue weighted by Gasteiger charge is -2.05. The van der Waals surface area contributed by atoms with Crippen molar-refractivity contribution in [3.8, 4) is 11.8 Å². The van der Waals surface area contributed by atoms with Crippen LogP contribution in [0.25, 0.3) is 0 Å². The number of hydrogen-bond acceptors (Lipinski definition) is 4. The summed E-state index contributed by atoms with van der Waals surface area (Å²) in [6.45, 7) is 2.50. The maximum atomic E-state index is 5.54. The number of hydrogen-bond donors (Lipinski definition) is 1. The molecular weight excluding hydrogens is 214 g/mol. The Morgan fingerprint density at radius 3 is 2.59 bits per heavy atom. The van der Waals surface area contributed by atoms with Gasteiger partial charge in [0.25, 0.3) is 0 Å². The van der Waals surface area contributed by atoms with Crippen LogP contribution < -0.4 is 10.5 Å². The van der Waals surface area contributed by atoms with Crippen molar-refractivity contribution in [1.82, 2.24) is 9.97 Å². The predicted octanol–water partition coefficient (Wildman–Crippen LogP) is 2.29. The molecule has 0 unspecified atom stereocenters. The average molecular weight is 229 g/mol. The van der Waals surface area contributed by atoms with E-state index in [1.54, 1.807) is 12.3 Å². The van der Waals surface area contributed by atoms with Crippen LogP contribution in [0.5, 0.6) is 11.8 Å². The minimum Gasteiger partial charge on any atom is -0.424 e. The highest BCUT2D eigenvalue weighted by Gasteiger charge is 2.01. The zero-order valence-electron chi connectivity index (χ0n) is 9.76. The van der Waals surface area contributed by atoms with Crippen molar-refractivity contribution < 1.29 is 4.74 Å². The number of ether oxygens (including phenoxy) is 1. The molecule has 0 spiro atoms. The van der Waals surface area contributed by atoms with Crippen molar-refractivity contribution in [2.75, 3.05) is 0 Å². The van der Waals surface area contributed by atoms with Crippen LogP contribution in [0, 0.1) is 0 Å². The summed E-state index contributed by atoms with van der Waals surface area (Å²) in [6.07, 6.45) is 2.66. The lowest BCUT2D eigenvalue weighted by Crippen LogP contribution is -2.01. The van der Waals surface area contributed by atoms with Gasteiger partial charge in [-0.2, -0.15) is 4.98 Å². The van der Waals surface area contributed by atoms with Gasteiger partial charge in [0, 0.05) is 12.7 Å². The van der Waals surface area contributed by atoms with E-state index in [1.165, 1.54) is 5.56 Å². The molecule has 0 saturated heterocycles. The van der Waals surface area contributed by atoms with Gasteiger partial charge in [-0.3, -0.25) is 0 Å². The van der Waals surface area contributed by atoms with E-state index in [0.717, 1.165) is 17.9 Å². The largest absolute Gasteiger partial charge is 0.424 e. The lowest BCUT2D eigenvalue weighted by atomic mass is 10.2. The van der Waals surface area contributed by atoms with Crippen molar-refractivity contribution in [1.29, 1.82) is 0 Å². The van der Waals surface area contributed by atoms with Gasteiger partial charge in [0.05, 0.1) is 5.69 Å². The zero-order valence-corrected chi connectivity index (χ0v) is 9.76. The first-order valence-electron chi connectivity index (χ1n) is 5.60. The van der Waals surface area contributed by atoms with E-state index in [4.69, 9.17) is 10.5 Å². The van der Waals surface area contributed by atoms with Crippen LogP contribution in [0.3, 0.4) is 0 Å². The molecule has 0 aliphatic carbocycles. The monoisotopic (exact) mass is 229 g/mol. The number of nitrogens with two attached hydrogens (primary N) is 1. The van der Waals surface area contributed by atoms with Crippen LogP contribution in [0.4, 0.5) is 0 Å². The molecule has 1 aromatic carbocycles. The summed E-state index contributed by atoms with van der Waals surface area (Å²) in [5, 5.41) is 0. The summed E-state index contributed by atoms with van der Waals surface area (Å²) in [7, 11) is 0. The second-order valence-electron chi connectivity index (χ2n) is 3.63. The lowest BCUT2D eigenvalue weighted by molar-refractivity contribution is 0.439. The van der Waals surface area contributed by atoms with E-state index in [9.17, 15) is 0 Å². The van der Waals surface area contributed by atoms with Crippen molar-refractivity contribution in [3.05, 3.63) is 47.8 Å². The SMILES string of the molecule is CCc1ccc(Oc2nccc(CN)n2)cc1. The molecule has 1 aromatic heterocycles. The summed E-state index contributed by atoms with van der Waals surface area (Å²) >= 11 is 0. The van der Waals surface area contributed by atoms with E-state index in [1.807, 2.05) is 24.3 Å². The van der Waals surface area contributed by atoms with Gasteiger partial charge in [0.1, 0.15) is 5.75 Å². The summed E-state index contributed by atoms with van der Waals surface area (Å²) in [5.41, 5.74) is 7.54. The number of nitrogens with zero attached hydrogens (tertiary/aromatic N) is 2. The molecule has 0 aliphatic rings. The Balaban J connectivity index is 2.13. The Labute approximate surface area is 100 Å². The van der Waals surface area contributed by atoms with Crippen LogP contribution >= 0.6 is 0 Å². The molecule has 0 radical (unpaired) electrons. The third-order valence-electron chi connectivity index (χ3n) is 2.44. The molecule has 4 heteroatoms. The molecule has 4 nitrogen and oxygen atoms in total. The van der Waals surface area contributed by atoms with Crippen molar-refractivity contribution in [3.63, 3.8) is 0 Å². The molecule has 0 saturated carbocycles. The summed E-state index contributed by atoms with van der Waals surface area (Å²) < 4.78 is 5.54. The zero-order chi connectivity index (χ0) is 12.1. The van der Waals surface area contributed by atoms with Gasteiger partial charge in [-0.05, 0) is 30.2 Å². The van der Waals surface area contributed by atoms with Gasteiger partial charge in [-0.15, -0.1) is 0 Å². The summed E-state index contributed by atoms with van der Waals surface area (Å²) in [6, 6.07) is 9.99. The second kappa shape index (κ2) is 5.41. The number of rotatable bonds is 4. The molecule has 2 aromatic rings. The third-order valence-corrected chi connectivity index (χ3v) is 2.44. The Hall–Kier alpha value is -1.94. The maximum Gasteiger partial charge on any atom is 0.322 e. The minimum atomic E-state index is 0.331. The highest BCUT2D eigenvalue weighted by Crippen LogP contribution is 2.18. The quantitative estimate of drug-likeness (QED) is 0.873. The average Bonchev–Trinajstić information content (AvgIpc) is 2.40. The third kappa shape index (κ3) is 3.01. The van der Waals surface area contributed by atoms with Crippen LogP contribution in [-0.4, -0.2) is 9.97 Å². The molecule has 17 heavy (non-hydrogen) atoms. The van der Waals surface area contributed by atoms with Crippen LogP contribution in [0.2, 0.25) is 0 Å². The van der Waals surface area contributed by atoms with Crippen molar-refractivity contribution >= 4 is 0 Å². The standard InChI is InChI=1S/C13H15N3O/c1-2-10-3-5-12(6-4-10)17-13-15-8-7-11(9-14)16-13/h3-8H,2,9,14H2,1H3. The normalized spacial score (nSPS) is 10.2. The highest BCUT2D eigenvalue weighted by molar-refractivity contribution is 5.29. The number of aromatic nitrogens is 2. The van der Waals surface area contributed by atoms with E-state index in [0.29, 0.717) is 12.6 Å². The van der Waals surface area contributed by atoms with E-state index in [2.05, 4.69) is 16.9 Å². The molecule has 0 atom stereocenters. The Bertz CT molecular complexity index is 482. The Kier molecular flexibility index (Phi) is 3.67. The summed E-state index contributed by atoms with van der Waals surface area (Å²) in [5.74, 6) is 0.733. The van der Waals surface area contributed by atoms with Gasteiger partial charge in [0.2, 0.25) is 0 Å². The molecule has 0 bridgehead atoms. The van der Waals surface area contributed by atoms with Gasteiger partial charge in [-0.25, -0.2) is 4.98 Å². The molecule has 0 aliphatic heterocycles. The molecule has 2 N–H and O–H groups in total. The van der Waals surface area contributed by atoms with E-state index < -0.39 is 0 Å². The second-order valence-corrected chi connectivity index (χ2v) is 3.63. The molecular formula is C13H15N3O. The fourth-order valence-electron chi connectivity index (χ4n) is 1.44. The first-order valence-corrected chi connectivity index (χ1v) is 5.60. The van der Waals surface area contributed by atoms with Crippen molar-refractivity contribution in [2.45, 2.75) is 19.9 Å². The fraction of sp³-hybridized carbons (Fsp3) is 0.231. The predicted molar refractivity (Wildman–Crippen MR) is 65.8 cm³/mol.